The standard InChI is InChI=1S/C12H18N2O4/c1-4-7(2)5-8(3)14-6-9(11(16)17)10(15)13-12(14)18/h6-8H,4-5H2,1-3H3,(H,16,17)(H,13,15,18). The van der Waals surface area contributed by atoms with Crippen molar-refractivity contribution in [2.24, 2.45) is 5.92 Å². The van der Waals surface area contributed by atoms with Gasteiger partial charge in [-0.25, -0.2) is 9.59 Å². The normalized spacial score (nSPS) is 14.2. The second-order valence-electron chi connectivity index (χ2n) is 4.61. The fourth-order valence-corrected chi connectivity index (χ4v) is 1.83. The van der Waals surface area contributed by atoms with E-state index in [2.05, 4.69) is 13.8 Å². The van der Waals surface area contributed by atoms with Crippen LogP contribution in [-0.4, -0.2) is 20.6 Å². The zero-order valence-electron chi connectivity index (χ0n) is 10.8. The molecule has 0 radical (unpaired) electrons. The van der Waals surface area contributed by atoms with Crippen molar-refractivity contribution in [1.82, 2.24) is 9.55 Å². The van der Waals surface area contributed by atoms with Crippen LogP contribution in [0.5, 0.6) is 0 Å². The number of carboxylic acids is 1. The Labute approximate surface area is 104 Å². The third-order valence-electron chi connectivity index (χ3n) is 3.11. The molecule has 1 rings (SSSR count). The molecule has 0 saturated heterocycles. The minimum Gasteiger partial charge on any atom is -0.477 e. The number of carbonyl (C=O) groups is 1. The van der Waals surface area contributed by atoms with E-state index in [-0.39, 0.29) is 6.04 Å². The first kappa shape index (κ1) is 14.2. The van der Waals surface area contributed by atoms with Gasteiger partial charge in [-0.3, -0.25) is 14.3 Å². The molecule has 0 fully saturated rings. The lowest BCUT2D eigenvalue weighted by molar-refractivity contribution is 0.0693. The molecule has 0 amide bonds. The number of nitrogens with zero attached hydrogens (tertiary/aromatic N) is 1. The van der Waals surface area contributed by atoms with E-state index in [4.69, 9.17) is 5.11 Å². The van der Waals surface area contributed by atoms with Crippen molar-refractivity contribution in [2.45, 2.75) is 39.7 Å². The Kier molecular flexibility index (Phi) is 4.47. The summed E-state index contributed by atoms with van der Waals surface area (Å²) in [7, 11) is 0. The Balaban J connectivity index is 3.16. The van der Waals surface area contributed by atoms with Gasteiger partial charge in [-0.1, -0.05) is 20.3 Å². The van der Waals surface area contributed by atoms with Gasteiger partial charge in [0.1, 0.15) is 5.56 Å². The first-order valence-electron chi connectivity index (χ1n) is 5.95. The number of hydrogen-bond donors (Lipinski definition) is 2. The molecule has 6 nitrogen and oxygen atoms in total. The summed E-state index contributed by atoms with van der Waals surface area (Å²) in [4.78, 5) is 35.8. The minimum absolute atomic E-state index is 0.151. The topological polar surface area (TPSA) is 92.2 Å². The van der Waals surface area contributed by atoms with Crippen LogP contribution in [0.3, 0.4) is 0 Å². The number of aromatic carboxylic acids is 1. The Hall–Kier alpha value is -1.85. The van der Waals surface area contributed by atoms with Crippen LogP contribution in [0.15, 0.2) is 15.8 Å². The third kappa shape index (κ3) is 3.09. The van der Waals surface area contributed by atoms with Crippen LogP contribution < -0.4 is 11.2 Å². The molecule has 1 heterocycles. The van der Waals surface area contributed by atoms with E-state index in [1.54, 1.807) is 0 Å². The highest BCUT2D eigenvalue weighted by Crippen LogP contribution is 2.17. The second kappa shape index (κ2) is 5.66. The van der Waals surface area contributed by atoms with Gasteiger partial charge in [0.25, 0.3) is 5.56 Å². The number of carboxylic acid groups (broad SMARTS) is 1. The fourth-order valence-electron chi connectivity index (χ4n) is 1.83. The third-order valence-corrected chi connectivity index (χ3v) is 3.11. The van der Waals surface area contributed by atoms with Gasteiger partial charge in [0.15, 0.2) is 0 Å². The van der Waals surface area contributed by atoms with Gasteiger partial charge < -0.3 is 5.11 Å². The van der Waals surface area contributed by atoms with Gasteiger partial charge in [-0.05, 0) is 19.3 Å². The average Bonchev–Trinajstić information content (AvgIpc) is 2.27. The van der Waals surface area contributed by atoms with Crippen molar-refractivity contribution in [2.75, 3.05) is 0 Å². The predicted octanol–water partition coefficient (Wildman–Crippen LogP) is 1.23. The van der Waals surface area contributed by atoms with Crippen molar-refractivity contribution in [3.63, 3.8) is 0 Å². The Morgan fingerprint density at radius 2 is 2.06 bits per heavy atom. The number of rotatable bonds is 5. The van der Waals surface area contributed by atoms with Gasteiger partial charge in [-0.2, -0.15) is 0 Å². The van der Waals surface area contributed by atoms with E-state index in [9.17, 15) is 14.4 Å². The second-order valence-corrected chi connectivity index (χ2v) is 4.61. The monoisotopic (exact) mass is 254 g/mol. The van der Waals surface area contributed by atoms with Crippen LogP contribution in [0.2, 0.25) is 0 Å². The molecule has 1 aromatic rings. The first-order valence-corrected chi connectivity index (χ1v) is 5.95. The van der Waals surface area contributed by atoms with Crippen molar-refractivity contribution >= 4 is 5.97 Å². The zero-order valence-corrected chi connectivity index (χ0v) is 10.8. The SMILES string of the molecule is CCC(C)CC(C)n1cc(C(=O)O)c(=O)[nH]c1=O. The zero-order chi connectivity index (χ0) is 13.9. The van der Waals surface area contributed by atoms with Crippen LogP contribution in [0.1, 0.15) is 50.0 Å². The van der Waals surface area contributed by atoms with Gasteiger partial charge in [0.05, 0.1) is 0 Å². The Morgan fingerprint density at radius 3 is 2.56 bits per heavy atom. The summed E-state index contributed by atoms with van der Waals surface area (Å²) in [6, 6.07) is -0.151. The van der Waals surface area contributed by atoms with Crippen LogP contribution in [-0.2, 0) is 0 Å². The molecule has 1 aromatic heterocycles. The highest BCUT2D eigenvalue weighted by Gasteiger charge is 2.16. The quantitative estimate of drug-likeness (QED) is 0.826. The van der Waals surface area contributed by atoms with Crippen LogP contribution >= 0.6 is 0 Å². The summed E-state index contributed by atoms with van der Waals surface area (Å²) < 4.78 is 1.27. The van der Waals surface area contributed by atoms with E-state index >= 15 is 0 Å². The number of hydrogen-bond acceptors (Lipinski definition) is 3. The molecule has 0 bridgehead atoms. The van der Waals surface area contributed by atoms with Crippen LogP contribution in [0.4, 0.5) is 0 Å². The number of nitrogens with one attached hydrogen (secondary N) is 1. The fraction of sp³-hybridized carbons (Fsp3) is 0.583. The lowest BCUT2D eigenvalue weighted by Crippen LogP contribution is -2.35. The van der Waals surface area contributed by atoms with Crippen molar-refractivity contribution in [1.29, 1.82) is 0 Å². The van der Waals surface area contributed by atoms with Crippen molar-refractivity contribution in [3.05, 3.63) is 32.6 Å². The van der Waals surface area contributed by atoms with Crippen LogP contribution in [0, 0.1) is 5.92 Å². The maximum Gasteiger partial charge on any atom is 0.342 e. The summed E-state index contributed by atoms with van der Waals surface area (Å²) >= 11 is 0. The molecule has 0 aliphatic carbocycles. The van der Waals surface area contributed by atoms with Crippen LogP contribution in [0.25, 0.3) is 0 Å². The molecule has 0 aliphatic rings. The van der Waals surface area contributed by atoms with Gasteiger partial charge in [0, 0.05) is 12.2 Å². The highest BCUT2D eigenvalue weighted by atomic mass is 16.4. The lowest BCUT2D eigenvalue weighted by Gasteiger charge is -2.18. The van der Waals surface area contributed by atoms with Gasteiger partial charge in [-0.15, -0.1) is 0 Å². The summed E-state index contributed by atoms with van der Waals surface area (Å²) in [5.74, 6) is -0.909. The molecule has 0 saturated carbocycles. The molecule has 0 spiro atoms. The molecule has 6 heteroatoms. The smallest absolute Gasteiger partial charge is 0.342 e. The number of aromatic amines is 1. The summed E-state index contributed by atoms with van der Waals surface area (Å²) in [6.07, 6.45) is 2.85. The van der Waals surface area contributed by atoms with E-state index in [1.165, 1.54) is 4.57 Å². The maximum atomic E-state index is 11.6. The predicted molar refractivity (Wildman–Crippen MR) is 67.1 cm³/mol. The average molecular weight is 254 g/mol. The molecule has 18 heavy (non-hydrogen) atoms. The minimum atomic E-state index is -1.33. The molecular formula is C12H18N2O4. The Bertz CT molecular complexity index is 544. The number of aromatic nitrogens is 2. The van der Waals surface area contributed by atoms with Gasteiger partial charge >= 0.3 is 11.7 Å². The molecular weight excluding hydrogens is 236 g/mol. The van der Waals surface area contributed by atoms with E-state index < -0.39 is 22.8 Å². The lowest BCUT2D eigenvalue weighted by atomic mass is 10.0. The Morgan fingerprint density at radius 1 is 1.44 bits per heavy atom. The molecule has 2 N–H and O–H groups in total. The summed E-state index contributed by atoms with van der Waals surface area (Å²) in [6.45, 7) is 5.94. The number of H-pyrrole nitrogens is 1. The summed E-state index contributed by atoms with van der Waals surface area (Å²) in [5.41, 5.74) is -1.84. The van der Waals surface area contributed by atoms with E-state index in [0.29, 0.717) is 5.92 Å². The molecule has 2 atom stereocenters. The van der Waals surface area contributed by atoms with Gasteiger partial charge in [0.2, 0.25) is 0 Å². The van der Waals surface area contributed by atoms with E-state index in [1.807, 2.05) is 11.9 Å². The molecule has 0 aliphatic heterocycles. The largest absolute Gasteiger partial charge is 0.477 e. The molecule has 2 unspecified atom stereocenters. The van der Waals surface area contributed by atoms with Crippen molar-refractivity contribution < 1.29 is 9.90 Å². The molecule has 100 valence electrons. The molecule has 0 aromatic carbocycles. The van der Waals surface area contributed by atoms with E-state index in [0.717, 1.165) is 19.0 Å². The first-order chi connectivity index (χ1) is 8.36. The highest BCUT2D eigenvalue weighted by molar-refractivity contribution is 5.86. The van der Waals surface area contributed by atoms with Crippen molar-refractivity contribution in [3.8, 4) is 0 Å². The maximum absolute atomic E-state index is 11.6. The summed E-state index contributed by atoms with van der Waals surface area (Å²) in [5, 5.41) is 8.86.